The quantitative estimate of drug-likeness (QED) is 0.601. The van der Waals surface area contributed by atoms with Gasteiger partial charge in [0.1, 0.15) is 24.0 Å². The third kappa shape index (κ3) is 4.54. The molecule has 8 heteroatoms. The van der Waals surface area contributed by atoms with E-state index in [1.807, 2.05) is 69.3 Å². The van der Waals surface area contributed by atoms with Gasteiger partial charge in [0.2, 0.25) is 0 Å². The molecule has 7 nitrogen and oxygen atoms in total. The number of fused-ring (bicyclic) bond motifs is 1. The zero-order valence-electron chi connectivity index (χ0n) is 19.0. The van der Waals surface area contributed by atoms with Crippen LogP contribution in [0.2, 0.25) is 5.02 Å². The molecule has 3 saturated heterocycles. The van der Waals surface area contributed by atoms with Gasteiger partial charge >= 0.3 is 0 Å². The molecule has 0 saturated carbocycles. The maximum absolute atomic E-state index is 12.8. The highest BCUT2D eigenvalue weighted by molar-refractivity contribution is 6.31. The minimum absolute atomic E-state index is 0.0737. The second kappa shape index (κ2) is 8.65. The van der Waals surface area contributed by atoms with E-state index >= 15 is 0 Å². The first-order valence-electron chi connectivity index (χ1n) is 11.2. The Bertz CT molecular complexity index is 1050. The van der Waals surface area contributed by atoms with Crippen molar-refractivity contribution in [3.63, 3.8) is 0 Å². The van der Waals surface area contributed by atoms with Crippen LogP contribution in [0.1, 0.15) is 41.4 Å². The normalized spacial score (nSPS) is 31.9. The standard InChI is InChI=1S/C25H29ClN2O5/c1-15-8-4-5-9-16(15)22(29)28-13-25-14-30-19(21(25)32-24(2,3)33-25)12-27-23-20(31-23)17-10-6-7-11-18(17)26/h4-11,19-21,23,27H,12-14H2,1-3H3,(H,28,29)/t19-,20?,21-,23?,25+/m1/s1. The summed E-state index contributed by atoms with van der Waals surface area (Å²) >= 11 is 6.29. The summed E-state index contributed by atoms with van der Waals surface area (Å²) in [6.07, 6.45) is -0.761. The number of carbonyl (C=O) groups excluding carboxylic acids is 1. The molecular weight excluding hydrogens is 444 g/mol. The van der Waals surface area contributed by atoms with E-state index in [-0.39, 0.29) is 30.4 Å². The largest absolute Gasteiger partial charge is 0.371 e. The van der Waals surface area contributed by atoms with Gasteiger partial charge in [-0.15, -0.1) is 0 Å². The molecule has 5 atom stereocenters. The van der Waals surface area contributed by atoms with Crippen molar-refractivity contribution in [1.82, 2.24) is 10.6 Å². The SMILES string of the molecule is Cc1ccccc1C(=O)NC[C@]12CO[C@H](CNC3OC3c3ccccc3Cl)[C@H]1OC(C)(C)O2. The van der Waals surface area contributed by atoms with Crippen molar-refractivity contribution < 1.29 is 23.7 Å². The summed E-state index contributed by atoms with van der Waals surface area (Å²) in [6, 6.07) is 15.2. The number of hydrogen-bond donors (Lipinski definition) is 2. The molecule has 2 unspecified atom stereocenters. The second-order valence-corrected chi connectivity index (χ2v) is 9.77. The minimum atomic E-state index is -0.768. The van der Waals surface area contributed by atoms with Gasteiger partial charge in [0, 0.05) is 22.7 Å². The molecule has 3 heterocycles. The van der Waals surface area contributed by atoms with E-state index in [1.54, 1.807) is 0 Å². The van der Waals surface area contributed by atoms with Gasteiger partial charge in [0.25, 0.3) is 5.91 Å². The van der Waals surface area contributed by atoms with Gasteiger partial charge in [-0.05, 0) is 38.5 Å². The topological polar surface area (TPSA) is 81.4 Å². The van der Waals surface area contributed by atoms with Crippen molar-refractivity contribution in [2.24, 2.45) is 0 Å². The minimum Gasteiger partial charge on any atom is -0.371 e. The van der Waals surface area contributed by atoms with Crippen molar-refractivity contribution in [2.45, 2.75) is 56.7 Å². The van der Waals surface area contributed by atoms with Crippen LogP contribution in [-0.4, -0.2) is 55.4 Å². The van der Waals surface area contributed by atoms with Gasteiger partial charge < -0.3 is 24.3 Å². The summed E-state index contributed by atoms with van der Waals surface area (Å²) in [5.74, 6) is -0.902. The number of nitrogens with one attached hydrogen (secondary N) is 2. The Morgan fingerprint density at radius 1 is 1.15 bits per heavy atom. The van der Waals surface area contributed by atoms with E-state index < -0.39 is 11.4 Å². The Kier molecular flexibility index (Phi) is 5.97. The number of carbonyl (C=O) groups is 1. The summed E-state index contributed by atoms with van der Waals surface area (Å²) in [5, 5.41) is 7.13. The first-order valence-corrected chi connectivity index (χ1v) is 11.6. The van der Waals surface area contributed by atoms with Crippen molar-refractivity contribution in [1.29, 1.82) is 0 Å². The molecule has 33 heavy (non-hydrogen) atoms. The fourth-order valence-corrected chi connectivity index (χ4v) is 5.04. The molecule has 0 aliphatic carbocycles. The van der Waals surface area contributed by atoms with E-state index in [1.165, 1.54) is 0 Å². The molecular formula is C25H29ClN2O5. The van der Waals surface area contributed by atoms with E-state index in [0.717, 1.165) is 11.1 Å². The lowest BCUT2D eigenvalue weighted by atomic mass is 9.96. The van der Waals surface area contributed by atoms with Crippen LogP contribution in [-0.2, 0) is 18.9 Å². The van der Waals surface area contributed by atoms with Crippen LogP contribution < -0.4 is 10.6 Å². The zero-order chi connectivity index (χ0) is 23.2. The highest BCUT2D eigenvalue weighted by Crippen LogP contribution is 2.44. The molecule has 3 aliphatic rings. The summed E-state index contributed by atoms with van der Waals surface area (Å²) in [7, 11) is 0. The molecule has 5 rings (SSSR count). The first-order chi connectivity index (χ1) is 15.8. The molecule has 0 spiro atoms. The van der Waals surface area contributed by atoms with Gasteiger partial charge in [0.05, 0.1) is 19.3 Å². The van der Waals surface area contributed by atoms with Crippen molar-refractivity contribution >= 4 is 17.5 Å². The lowest BCUT2D eigenvalue weighted by Gasteiger charge is -2.27. The van der Waals surface area contributed by atoms with Crippen molar-refractivity contribution in [3.8, 4) is 0 Å². The Balaban J connectivity index is 1.21. The van der Waals surface area contributed by atoms with Crippen LogP contribution in [0.5, 0.6) is 0 Å². The Morgan fingerprint density at radius 3 is 2.70 bits per heavy atom. The summed E-state index contributed by atoms with van der Waals surface area (Å²) in [4.78, 5) is 12.8. The smallest absolute Gasteiger partial charge is 0.251 e. The van der Waals surface area contributed by atoms with Crippen LogP contribution in [0.25, 0.3) is 0 Å². The van der Waals surface area contributed by atoms with Gasteiger partial charge in [-0.1, -0.05) is 48.0 Å². The maximum Gasteiger partial charge on any atom is 0.251 e. The zero-order valence-corrected chi connectivity index (χ0v) is 19.7. The number of epoxide rings is 1. The molecule has 0 bridgehead atoms. The fraction of sp³-hybridized carbons (Fsp3) is 0.480. The summed E-state index contributed by atoms with van der Waals surface area (Å²) in [6.45, 7) is 6.86. The van der Waals surface area contributed by atoms with Crippen LogP contribution in [0, 0.1) is 6.92 Å². The molecule has 2 aromatic rings. The maximum atomic E-state index is 12.8. The first kappa shape index (κ1) is 22.8. The molecule has 3 aliphatic heterocycles. The van der Waals surface area contributed by atoms with Gasteiger partial charge in [-0.3, -0.25) is 10.1 Å². The number of aryl methyl sites for hydroxylation is 1. The summed E-state index contributed by atoms with van der Waals surface area (Å²) in [5.41, 5.74) is 1.80. The molecule has 2 N–H and O–H groups in total. The monoisotopic (exact) mass is 472 g/mol. The predicted molar refractivity (Wildman–Crippen MR) is 123 cm³/mol. The number of rotatable bonds is 7. The molecule has 1 amide bonds. The van der Waals surface area contributed by atoms with E-state index in [2.05, 4.69) is 10.6 Å². The molecule has 176 valence electrons. The highest BCUT2D eigenvalue weighted by atomic mass is 35.5. The molecule has 0 aromatic heterocycles. The van der Waals surface area contributed by atoms with Crippen molar-refractivity contribution in [2.75, 3.05) is 19.7 Å². The average Bonchev–Trinajstić information content (AvgIpc) is 3.40. The number of amides is 1. The summed E-state index contributed by atoms with van der Waals surface area (Å²) < 4.78 is 24.4. The lowest BCUT2D eigenvalue weighted by Crippen LogP contribution is -2.52. The average molecular weight is 473 g/mol. The fourth-order valence-electron chi connectivity index (χ4n) is 4.80. The molecule has 2 aromatic carbocycles. The number of benzene rings is 2. The highest BCUT2D eigenvalue weighted by Gasteiger charge is 2.61. The third-order valence-corrected chi connectivity index (χ3v) is 6.76. The Morgan fingerprint density at radius 2 is 1.91 bits per heavy atom. The van der Waals surface area contributed by atoms with E-state index in [0.29, 0.717) is 30.3 Å². The Labute approximate surface area is 198 Å². The molecule has 0 radical (unpaired) electrons. The number of halogens is 1. The van der Waals surface area contributed by atoms with Crippen molar-refractivity contribution in [3.05, 3.63) is 70.2 Å². The van der Waals surface area contributed by atoms with E-state index in [9.17, 15) is 4.79 Å². The van der Waals surface area contributed by atoms with Crippen LogP contribution >= 0.6 is 11.6 Å². The van der Waals surface area contributed by atoms with Gasteiger partial charge in [-0.25, -0.2) is 0 Å². The number of hydrogen-bond acceptors (Lipinski definition) is 6. The lowest BCUT2D eigenvalue weighted by molar-refractivity contribution is -0.188. The predicted octanol–water partition coefficient (Wildman–Crippen LogP) is 3.35. The van der Waals surface area contributed by atoms with Gasteiger partial charge in [0.15, 0.2) is 5.79 Å². The molecule has 3 fully saturated rings. The second-order valence-electron chi connectivity index (χ2n) is 9.36. The van der Waals surface area contributed by atoms with Crippen LogP contribution in [0.4, 0.5) is 0 Å². The number of ether oxygens (including phenoxy) is 4. The van der Waals surface area contributed by atoms with Crippen LogP contribution in [0.15, 0.2) is 48.5 Å². The van der Waals surface area contributed by atoms with Gasteiger partial charge in [-0.2, -0.15) is 0 Å². The Hall–Kier alpha value is -2.00. The van der Waals surface area contributed by atoms with E-state index in [4.69, 9.17) is 30.5 Å². The third-order valence-electron chi connectivity index (χ3n) is 6.42. The van der Waals surface area contributed by atoms with Crippen LogP contribution in [0.3, 0.4) is 0 Å².